The maximum atomic E-state index is 11.8. The number of amides is 1. The van der Waals surface area contributed by atoms with Crippen molar-refractivity contribution in [3.8, 4) is 5.75 Å². The van der Waals surface area contributed by atoms with Crippen LogP contribution in [-0.4, -0.2) is 36.3 Å². The minimum atomic E-state index is 0.116. The van der Waals surface area contributed by atoms with Crippen LogP contribution >= 0.6 is 23.5 Å². The van der Waals surface area contributed by atoms with Crippen LogP contribution in [0, 0.1) is 0 Å². The highest BCUT2D eigenvalue weighted by molar-refractivity contribution is 8.00. The highest BCUT2D eigenvalue weighted by atomic mass is 32.2. The summed E-state index contributed by atoms with van der Waals surface area (Å²) in [7, 11) is 1.65. The Morgan fingerprint density at radius 2 is 1.95 bits per heavy atom. The van der Waals surface area contributed by atoms with Crippen molar-refractivity contribution in [3.63, 3.8) is 0 Å². The van der Waals surface area contributed by atoms with Crippen LogP contribution in [0.15, 0.2) is 29.2 Å². The van der Waals surface area contributed by atoms with Gasteiger partial charge in [-0.15, -0.1) is 11.8 Å². The zero-order valence-corrected chi connectivity index (χ0v) is 14.8. The Morgan fingerprint density at radius 3 is 2.64 bits per heavy atom. The van der Waals surface area contributed by atoms with Gasteiger partial charge in [0.1, 0.15) is 5.75 Å². The number of benzene rings is 1. The predicted molar refractivity (Wildman–Crippen MR) is 96.1 cm³/mol. The average Bonchev–Trinajstić information content (AvgIpc) is 2.58. The van der Waals surface area contributed by atoms with Gasteiger partial charge in [0.15, 0.2) is 0 Å². The minimum absolute atomic E-state index is 0.116. The van der Waals surface area contributed by atoms with E-state index in [2.05, 4.69) is 5.32 Å². The lowest BCUT2D eigenvalue weighted by Gasteiger charge is -2.20. The summed E-state index contributed by atoms with van der Waals surface area (Å²) in [6.07, 6.45) is 6.86. The van der Waals surface area contributed by atoms with Gasteiger partial charge < -0.3 is 10.1 Å². The summed E-state index contributed by atoms with van der Waals surface area (Å²) in [5, 5.41) is 3.83. The van der Waals surface area contributed by atoms with E-state index in [1.165, 1.54) is 32.1 Å². The molecule has 3 nitrogen and oxygen atoms in total. The molecule has 1 saturated carbocycles. The zero-order chi connectivity index (χ0) is 15.6. The molecule has 2 rings (SSSR count). The van der Waals surface area contributed by atoms with Crippen LogP contribution in [0.1, 0.15) is 32.1 Å². The monoisotopic (exact) mass is 339 g/mol. The summed E-state index contributed by atoms with van der Waals surface area (Å²) >= 11 is 3.58. The molecule has 0 bridgehead atoms. The molecule has 0 saturated heterocycles. The lowest BCUT2D eigenvalue weighted by molar-refractivity contribution is -0.118. The maximum absolute atomic E-state index is 11.8. The van der Waals surface area contributed by atoms with Gasteiger partial charge in [-0.25, -0.2) is 0 Å². The fourth-order valence-corrected chi connectivity index (χ4v) is 4.47. The summed E-state index contributed by atoms with van der Waals surface area (Å²) in [4.78, 5) is 12.9. The zero-order valence-electron chi connectivity index (χ0n) is 13.2. The van der Waals surface area contributed by atoms with Gasteiger partial charge in [0.25, 0.3) is 0 Å². The highest BCUT2D eigenvalue weighted by Gasteiger charge is 2.13. The molecular weight excluding hydrogens is 314 g/mol. The van der Waals surface area contributed by atoms with Gasteiger partial charge in [-0.3, -0.25) is 4.79 Å². The lowest BCUT2D eigenvalue weighted by atomic mass is 10.0. The number of nitrogens with one attached hydrogen (secondary N) is 1. The van der Waals surface area contributed by atoms with E-state index in [0.717, 1.165) is 28.2 Å². The van der Waals surface area contributed by atoms with Crippen molar-refractivity contribution in [2.24, 2.45) is 0 Å². The number of hydrogen-bond acceptors (Lipinski definition) is 4. The molecule has 1 aliphatic carbocycles. The molecule has 22 heavy (non-hydrogen) atoms. The lowest BCUT2D eigenvalue weighted by Crippen LogP contribution is -2.28. The number of thioether (sulfide) groups is 2. The third-order valence-electron chi connectivity index (χ3n) is 3.76. The predicted octanol–water partition coefficient (Wildman–Crippen LogP) is 3.97. The number of carbonyl (C=O) groups is 1. The molecule has 1 aromatic carbocycles. The quantitative estimate of drug-likeness (QED) is 0.574. The average molecular weight is 340 g/mol. The van der Waals surface area contributed by atoms with E-state index in [0.29, 0.717) is 5.75 Å². The molecule has 0 spiro atoms. The van der Waals surface area contributed by atoms with E-state index in [1.54, 1.807) is 18.9 Å². The fourth-order valence-electron chi connectivity index (χ4n) is 2.52. The molecule has 1 fully saturated rings. The van der Waals surface area contributed by atoms with Crippen LogP contribution < -0.4 is 10.1 Å². The van der Waals surface area contributed by atoms with Gasteiger partial charge in [0, 0.05) is 22.4 Å². The second kappa shape index (κ2) is 10.1. The van der Waals surface area contributed by atoms with Crippen LogP contribution in [0.2, 0.25) is 0 Å². The van der Waals surface area contributed by atoms with Gasteiger partial charge in [-0.2, -0.15) is 11.8 Å². The first-order valence-electron chi connectivity index (χ1n) is 7.93. The number of rotatable bonds is 8. The van der Waals surface area contributed by atoms with Crippen molar-refractivity contribution in [2.45, 2.75) is 42.2 Å². The van der Waals surface area contributed by atoms with Crippen LogP contribution in [-0.2, 0) is 4.79 Å². The summed E-state index contributed by atoms with van der Waals surface area (Å²) in [6.45, 7) is 0.781. The summed E-state index contributed by atoms with van der Waals surface area (Å²) < 4.78 is 5.12. The van der Waals surface area contributed by atoms with Gasteiger partial charge in [0.05, 0.1) is 12.9 Å². The van der Waals surface area contributed by atoms with E-state index in [-0.39, 0.29) is 5.91 Å². The van der Waals surface area contributed by atoms with E-state index >= 15 is 0 Å². The Labute approximate surface area is 142 Å². The Morgan fingerprint density at radius 1 is 1.23 bits per heavy atom. The summed E-state index contributed by atoms with van der Waals surface area (Å²) in [5.74, 6) is 2.46. The summed E-state index contributed by atoms with van der Waals surface area (Å²) in [6, 6.07) is 7.80. The molecule has 1 aliphatic rings. The van der Waals surface area contributed by atoms with Crippen molar-refractivity contribution in [3.05, 3.63) is 24.3 Å². The highest BCUT2D eigenvalue weighted by Crippen LogP contribution is 2.27. The van der Waals surface area contributed by atoms with Crippen LogP contribution in [0.4, 0.5) is 0 Å². The van der Waals surface area contributed by atoms with Crippen molar-refractivity contribution in [1.82, 2.24) is 5.32 Å². The molecule has 1 N–H and O–H groups in total. The number of carbonyl (C=O) groups excluding carboxylic acids is 1. The molecule has 122 valence electrons. The topological polar surface area (TPSA) is 38.3 Å². The molecule has 0 aromatic heterocycles. The van der Waals surface area contributed by atoms with E-state index in [1.807, 2.05) is 36.0 Å². The molecule has 0 radical (unpaired) electrons. The molecule has 0 unspecified atom stereocenters. The molecule has 0 atom stereocenters. The van der Waals surface area contributed by atoms with Crippen LogP contribution in [0.3, 0.4) is 0 Å². The third-order valence-corrected chi connectivity index (χ3v) is 6.15. The number of hydrogen-bond donors (Lipinski definition) is 1. The molecule has 1 aromatic rings. The fraction of sp³-hybridized carbons (Fsp3) is 0.588. The molecule has 0 aliphatic heterocycles. The van der Waals surface area contributed by atoms with Crippen LogP contribution in [0.5, 0.6) is 5.75 Å². The van der Waals surface area contributed by atoms with E-state index < -0.39 is 0 Å². The summed E-state index contributed by atoms with van der Waals surface area (Å²) in [5.41, 5.74) is 0. The second-order valence-corrected chi connectivity index (χ2v) is 7.90. The first-order valence-corrected chi connectivity index (χ1v) is 9.96. The van der Waals surface area contributed by atoms with E-state index in [4.69, 9.17) is 4.74 Å². The Balaban J connectivity index is 1.55. The van der Waals surface area contributed by atoms with Crippen molar-refractivity contribution < 1.29 is 9.53 Å². The van der Waals surface area contributed by atoms with Crippen molar-refractivity contribution in [1.29, 1.82) is 0 Å². The normalized spacial score (nSPS) is 15.5. The van der Waals surface area contributed by atoms with Gasteiger partial charge >= 0.3 is 0 Å². The number of ether oxygens (including phenoxy) is 1. The second-order valence-electron chi connectivity index (χ2n) is 5.44. The standard InChI is InChI=1S/C17H25NO2S2/c1-20-14-7-9-16(10-8-14)22-13-17(19)18-11-12-21-15-5-3-2-4-6-15/h7-10,15H,2-6,11-13H2,1H3,(H,18,19). The smallest absolute Gasteiger partial charge is 0.230 e. The van der Waals surface area contributed by atoms with Gasteiger partial charge in [-0.05, 0) is 37.1 Å². The van der Waals surface area contributed by atoms with Crippen molar-refractivity contribution >= 4 is 29.4 Å². The largest absolute Gasteiger partial charge is 0.497 e. The van der Waals surface area contributed by atoms with Crippen molar-refractivity contribution in [2.75, 3.05) is 25.2 Å². The maximum Gasteiger partial charge on any atom is 0.230 e. The molecule has 5 heteroatoms. The molecular formula is C17H25NO2S2. The number of methoxy groups -OCH3 is 1. The Bertz CT molecular complexity index is 444. The van der Waals surface area contributed by atoms with Crippen LogP contribution in [0.25, 0.3) is 0 Å². The van der Waals surface area contributed by atoms with E-state index in [9.17, 15) is 4.79 Å². The van der Waals surface area contributed by atoms with Gasteiger partial charge in [0.2, 0.25) is 5.91 Å². The Hall–Kier alpha value is -0.810. The minimum Gasteiger partial charge on any atom is -0.497 e. The molecule has 0 heterocycles. The first kappa shape index (κ1) is 17.5. The Kier molecular flexibility index (Phi) is 8.02. The third kappa shape index (κ3) is 6.53. The molecule has 1 amide bonds. The first-order chi connectivity index (χ1) is 10.8. The van der Waals surface area contributed by atoms with Gasteiger partial charge in [-0.1, -0.05) is 19.3 Å². The SMILES string of the molecule is COc1ccc(SCC(=O)NCCSC2CCCCC2)cc1.